The fourth-order valence-corrected chi connectivity index (χ4v) is 4.14. The molecule has 3 aromatic rings. The van der Waals surface area contributed by atoms with Gasteiger partial charge in [0, 0.05) is 23.5 Å². The molecule has 7 heteroatoms. The van der Waals surface area contributed by atoms with Crippen LogP contribution < -0.4 is 4.74 Å². The lowest BCUT2D eigenvalue weighted by Gasteiger charge is -2.08. The maximum atomic E-state index is 12.4. The van der Waals surface area contributed by atoms with Crippen LogP contribution in [0.2, 0.25) is 0 Å². The van der Waals surface area contributed by atoms with E-state index >= 15 is 0 Å². The highest BCUT2D eigenvalue weighted by Gasteiger charge is 2.13. The van der Waals surface area contributed by atoms with Crippen molar-refractivity contribution in [3.63, 3.8) is 0 Å². The number of carbonyl (C=O) groups is 1. The minimum atomic E-state index is 0.0852. The third-order valence-electron chi connectivity index (χ3n) is 4.82. The number of aryl methyl sites for hydroxylation is 3. The number of carbonyl (C=O) groups excluding carboxylic acids is 1. The third-order valence-corrected chi connectivity index (χ3v) is 6.37. The van der Waals surface area contributed by atoms with Gasteiger partial charge in [-0.1, -0.05) is 45.9 Å². The molecule has 0 amide bonds. The molecule has 0 aliphatic carbocycles. The van der Waals surface area contributed by atoms with Crippen LogP contribution in [0.4, 0.5) is 0 Å². The molecule has 0 aliphatic heterocycles. The van der Waals surface area contributed by atoms with Crippen molar-refractivity contribution in [3.8, 4) is 5.75 Å². The van der Waals surface area contributed by atoms with Crippen molar-refractivity contribution in [2.45, 2.75) is 31.3 Å². The molecule has 0 saturated heterocycles. The molecule has 0 unspecified atom stereocenters. The smallest absolute Gasteiger partial charge is 0.191 e. The van der Waals surface area contributed by atoms with Gasteiger partial charge in [0.15, 0.2) is 10.9 Å². The summed E-state index contributed by atoms with van der Waals surface area (Å²) in [6, 6.07) is 13.6. The number of ether oxygens (including phenoxy) is 1. The Kier molecular flexibility index (Phi) is 7.50. The van der Waals surface area contributed by atoms with Crippen molar-refractivity contribution in [1.29, 1.82) is 0 Å². The molecule has 1 heterocycles. The molecule has 0 N–H and O–H groups in total. The first-order valence-electron chi connectivity index (χ1n) is 9.41. The van der Waals surface area contributed by atoms with E-state index in [-0.39, 0.29) is 5.78 Å². The Hall–Kier alpha value is -2.12. The molecular weight excluding hydrogens is 450 g/mol. The zero-order chi connectivity index (χ0) is 20.8. The third kappa shape index (κ3) is 5.70. The topological polar surface area (TPSA) is 57.0 Å². The number of nitrogens with zero attached hydrogens (tertiary/aromatic N) is 3. The van der Waals surface area contributed by atoms with Crippen LogP contribution >= 0.6 is 27.7 Å². The van der Waals surface area contributed by atoms with Crippen LogP contribution in [0.5, 0.6) is 5.75 Å². The van der Waals surface area contributed by atoms with Gasteiger partial charge in [0.1, 0.15) is 11.6 Å². The summed E-state index contributed by atoms with van der Waals surface area (Å²) < 4.78 is 8.21. The van der Waals surface area contributed by atoms with E-state index in [0.29, 0.717) is 11.3 Å². The van der Waals surface area contributed by atoms with E-state index < -0.39 is 0 Å². The molecule has 152 valence electrons. The Balaban J connectivity index is 1.52. The Labute approximate surface area is 184 Å². The molecule has 0 saturated carbocycles. The Morgan fingerprint density at radius 2 is 1.90 bits per heavy atom. The largest absolute Gasteiger partial charge is 0.497 e. The van der Waals surface area contributed by atoms with Crippen LogP contribution in [-0.4, -0.2) is 33.4 Å². The molecule has 0 fully saturated rings. The van der Waals surface area contributed by atoms with Gasteiger partial charge < -0.3 is 9.30 Å². The van der Waals surface area contributed by atoms with Crippen LogP contribution in [0.3, 0.4) is 0 Å². The van der Waals surface area contributed by atoms with E-state index in [2.05, 4.69) is 45.2 Å². The van der Waals surface area contributed by atoms with Gasteiger partial charge >= 0.3 is 0 Å². The van der Waals surface area contributed by atoms with Crippen molar-refractivity contribution in [3.05, 3.63) is 69.5 Å². The number of rotatable bonds is 9. The van der Waals surface area contributed by atoms with Crippen molar-refractivity contribution in [1.82, 2.24) is 14.8 Å². The average molecular weight is 474 g/mol. The fraction of sp³-hybridized carbons (Fsp3) is 0.318. The lowest BCUT2D eigenvalue weighted by molar-refractivity contribution is 0.102. The molecule has 3 rings (SSSR count). The second kappa shape index (κ2) is 10.1. The predicted octanol–water partition coefficient (Wildman–Crippen LogP) is 5.04. The van der Waals surface area contributed by atoms with Crippen LogP contribution in [0.1, 0.15) is 33.7 Å². The number of halogens is 1. The summed E-state index contributed by atoms with van der Waals surface area (Å²) in [5, 5.41) is 9.34. The van der Waals surface area contributed by atoms with Crippen LogP contribution in [0, 0.1) is 6.92 Å². The number of hydrogen-bond acceptors (Lipinski definition) is 5. The van der Waals surface area contributed by atoms with Crippen molar-refractivity contribution in [2.24, 2.45) is 7.05 Å². The zero-order valence-corrected chi connectivity index (χ0v) is 19.2. The van der Waals surface area contributed by atoms with Gasteiger partial charge in [0.05, 0.1) is 12.9 Å². The summed E-state index contributed by atoms with van der Waals surface area (Å²) in [4.78, 5) is 12.4. The first-order valence-corrected chi connectivity index (χ1v) is 11.2. The Morgan fingerprint density at radius 3 is 2.59 bits per heavy atom. The summed E-state index contributed by atoms with van der Waals surface area (Å²) in [5.41, 5.74) is 3.27. The van der Waals surface area contributed by atoms with Crippen LogP contribution in [-0.2, 0) is 19.9 Å². The van der Waals surface area contributed by atoms with Gasteiger partial charge in [-0.3, -0.25) is 4.79 Å². The molecule has 5 nitrogen and oxygen atoms in total. The number of aromatic nitrogens is 3. The number of Topliss-reactive ketones (excluding diaryl/α,β-unsaturated/α-hetero) is 1. The second-order valence-electron chi connectivity index (χ2n) is 6.82. The molecule has 2 aromatic carbocycles. The molecular formula is C22H24BrN3O2S. The van der Waals surface area contributed by atoms with Crippen molar-refractivity contribution >= 4 is 33.5 Å². The number of thioether (sulfide) groups is 1. The van der Waals surface area contributed by atoms with E-state index in [0.717, 1.165) is 40.5 Å². The summed E-state index contributed by atoms with van der Waals surface area (Å²) in [6.45, 7) is 2.11. The zero-order valence-electron chi connectivity index (χ0n) is 16.8. The van der Waals surface area contributed by atoms with E-state index in [9.17, 15) is 4.79 Å². The average Bonchev–Trinajstić information content (AvgIpc) is 3.07. The van der Waals surface area contributed by atoms with Gasteiger partial charge in [-0.2, -0.15) is 0 Å². The van der Waals surface area contributed by atoms with Gasteiger partial charge in [-0.05, 0) is 55.2 Å². The van der Waals surface area contributed by atoms with Gasteiger partial charge in [-0.15, -0.1) is 10.2 Å². The molecule has 0 radical (unpaired) electrons. The lowest BCUT2D eigenvalue weighted by atomic mass is 10.0. The van der Waals surface area contributed by atoms with Gasteiger partial charge in [0.25, 0.3) is 0 Å². The van der Waals surface area contributed by atoms with Crippen molar-refractivity contribution in [2.75, 3.05) is 12.9 Å². The SMILES string of the molecule is COc1ccc(CCCc2nnc(SCC(=O)c3ccc(Br)cc3)n2C)c(C)c1. The highest BCUT2D eigenvalue weighted by atomic mass is 79.9. The minimum absolute atomic E-state index is 0.0852. The second-order valence-corrected chi connectivity index (χ2v) is 8.68. The van der Waals surface area contributed by atoms with E-state index in [1.54, 1.807) is 7.11 Å². The molecule has 0 bridgehead atoms. The Bertz CT molecular complexity index is 986. The minimum Gasteiger partial charge on any atom is -0.497 e. The summed E-state index contributed by atoms with van der Waals surface area (Å²) in [6.07, 6.45) is 2.81. The van der Waals surface area contributed by atoms with Gasteiger partial charge in [0.2, 0.25) is 0 Å². The molecule has 29 heavy (non-hydrogen) atoms. The normalized spacial score (nSPS) is 10.9. The summed E-state index contributed by atoms with van der Waals surface area (Å²) in [7, 11) is 3.64. The molecule has 0 aliphatic rings. The van der Waals surface area contributed by atoms with Crippen LogP contribution in [0.15, 0.2) is 52.1 Å². The predicted molar refractivity (Wildman–Crippen MR) is 120 cm³/mol. The number of hydrogen-bond donors (Lipinski definition) is 0. The standard InChI is InChI=1S/C22H24BrN3O2S/c1-15-13-19(28-3)12-9-16(15)5-4-6-21-24-25-22(26(21)2)29-14-20(27)17-7-10-18(23)11-8-17/h7-13H,4-6,14H2,1-3H3. The maximum absolute atomic E-state index is 12.4. The van der Waals surface area contributed by atoms with E-state index in [1.165, 1.54) is 22.9 Å². The van der Waals surface area contributed by atoms with Crippen molar-refractivity contribution < 1.29 is 9.53 Å². The molecule has 0 spiro atoms. The van der Waals surface area contributed by atoms with E-state index in [4.69, 9.17) is 4.74 Å². The lowest BCUT2D eigenvalue weighted by Crippen LogP contribution is -2.05. The highest BCUT2D eigenvalue weighted by molar-refractivity contribution is 9.10. The number of ketones is 1. The summed E-state index contributed by atoms with van der Waals surface area (Å²) in [5.74, 6) is 2.26. The first-order chi connectivity index (χ1) is 14.0. The monoisotopic (exact) mass is 473 g/mol. The van der Waals surface area contributed by atoms with E-state index in [1.807, 2.05) is 41.9 Å². The quantitative estimate of drug-likeness (QED) is 0.321. The fourth-order valence-electron chi connectivity index (χ4n) is 3.05. The molecule has 1 aromatic heterocycles. The summed E-state index contributed by atoms with van der Waals surface area (Å²) >= 11 is 4.81. The maximum Gasteiger partial charge on any atom is 0.191 e. The van der Waals surface area contributed by atoms with Crippen LogP contribution in [0.25, 0.3) is 0 Å². The highest BCUT2D eigenvalue weighted by Crippen LogP contribution is 2.21. The first kappa shape index (κ1) is 21.6. The number of benzene rings is 2. The van der Waals surface area contributed by atoms with Gasteiger partial charge in [-0.25, -0.2) is 0 Å². The number of methoxy groups -OCH3 is 1. The molecule has 0 atom stereocenters. The Morgan fingerprint density at radius 1 is 1.14 bits per heavy atom.